The summed E-state index contributed by atoms with van der Waals surface area (Å²) in [5, 5.41) is 10.6. The Morgan fingerprint density at radius 1 is 0.667 bits per heavy atom. The minimum absolute atomic E-state index is 0.132. The molecule has 0 aliphatic carbocycles. The van der Waals surface area contributed by atoms with Gasteiger partial charge in [-0.2, -0.15) is 0 Å². The summed E-state index contributed by atoms with van der Waals surface area (Å²) in [5.74, 6) is 0.132. The highest BCUT2D eigenvalue weighted by Gasteiger charge is 2.12. The van der Waals surface area contributed by atoms with Gasteiger partial charge in [-0.25, -0.2) is 0 Å². The number of carbonyl (C=O) groups is 1. The van der Waals surface area contributed by atoms with Crippen molar-refractivity contribution >= 4 is 43.9 Å². The van der Waals surface area contributed by atoms with Crippen LogP contribution in [-0.4, -0.2) is 5.91 Å². The second-order valence-electron chi connectivity index (χ2n) is 8.60. The van der Waals surface area contributed by atoms with Gasteiger partial charge >= 0.3 is 0 Å². The van der Waals surface area contributed by atoms with E-state index in [1.807, 2.05) is 0 Å². The Morgan fingerprint density at radius 2 is 1.23 bits per heavy atom. The lowest BCUT2D eigenvalue weighted by atomic mass is 9.93. The van der Waals surface area contributed by atoms with Crippen LogP contribution in [0.25, 0.3) is 32.3 Å². The van der Waals surface area contributed by atoms with Crippen LogP contribution in [0.5, 0.6) is 0 Å². The van der Waals surface area contributed by atoms with Crippen LogP contribution < -0.4 is 5.32 Å². The molecule has 0 heterocycles. The predicted molar refractivity (Wildman–Crippen MR) is 131 cm³/mol. The highest BCUT2D eigenvalue weighted by Crippen LogP contribution is 2.37. The number of carbonyl (C=O) groups excluding carboxylic acids is 1. The number of benzene rings is 4. The zero-order valence-electron chi connectivity index (χ0n) is 18.2. The average Bonchev–Trinajstić information content (AvgIpc) is 2.77. The van der Waals surface area contributed by atoms with E-state index in [4.69, 9.17) is 0 Å². The first-order chi connectivity index (χ1) is 14.8. The van der Waals surface area contributed by atoms with Crippen LogP contribution >= 0.6 is 0 Å². The van der Waals surface area contributed by atoms with Crippen molar-refractivity contribution in [2.45, 2.75) is 71.1 Å². The van der Waals surface area contributed by atoms with Gasteiger partial charge in [-0.3, -0.25) is 4.79 Å². The van der Waals surface area contributed by atoms with E-state index in [-0.39, 0.29) is 5.91 Å². The zero-order valence-corrected chi connectivity index (χ0v) is 18.2. The predicted octanol–water partition coefficient (Wildman–Crippen LogP) is 8.44. The fourth-order valence-corrected chi connectivity index (χ4v) is 4.65. The number of unbranched alkanes of at least 4 members (excludes halogenated alkanes) is 8. The number of nitrogens with one attached hydrogen (secondary N) is 1. The lowest BCUT2D eigenvalue weighted by molar-refractivity contribution is -0.116. The van der Waals surface area contributed by atoms with E-state index in [9.17, 15) is 4.79 Å². The molecule has 0 radical (unpaired) electrons. The smallest absolute Gasteiger partial charge is 0.224 e. The summed E-state index contributed by atoms with van der Waals surface area (Å²) in [5.41, 5.74) is 0.932. The Bertz CT molecular complexity index is 1100. The van der Waals surface area contributed by atoms with Crippen LogP contribution in [0.3, 0.4) is 0 Å². The maximum absolute atomic E-state index is 12.6. The Hall–Kier alpha value is -2.61. The summed E-state index contributed by atoms with van der Waals surface area (Å²) in [6, 6.07) is 19.3. The fraction of sp³-hybridized carbons (Fsp3) is 0.393. The summed E-state index contributed by atoms with van der Waals surface area (Å²) < 4.78 is 0. The first-order valence-corrected chi connectivity index (χ1v) is 11.7. The molecule has 2 nitrogen and oxygen atoms in total. The Balaban J connectivity index is 1.35. The van der Waals surface area contributed by atoms with Crippen molar-refractivity contribution in [2.75, 3.05) is 5.32 Å². The molecule has 4 rings (SSSR count). The molecular formula is C28H33NO. The highest BCUT2D eigenvalue weighted by atomic mass is 16.1. The van der Waals surface area contributed by atoms with E-state index in [0.717, 1.165) is 23.9 Å². The molecule has 0 saturated carbocycles. The van der Waals surface area contributed by atoms with Gasteiger partial charge in [0, 0.05) is 17.5 Å². The maximum atomic E-state index is 12.6. The lowest BCUT2D eigenvalue weighted by Crippen LogP contribution is -2.11. The van der Waals surface area contributed by atoms with Gasteiger partial charge in [0.2, 0.25) is 5.91 Å². The molecule has 0 saturated heterocycles. The van der Waals surface area contributed by atoms with Crippen molar-refractivity contribution in [3.05, 3.63) is 54.6 Å². The van der Waals surface area contributed by atoms with Crippen molar-refractivity contribution in [3.63, 3.8) is 0 Å². The van der Waals surface area contributed by atoms with Gasteiger partial charge in [0.1, 0.15) is 0 Å². The molecule has 30 heavy (non-hydrogen) atoms. The first kappa shape index (κ1) is 20.7. The second kappa shape index (κ2) is 9.93. The highest BCUT2D eigenvalue weighted by molar-refractivity contribution is 6.25. The van der Waals surface area contributed by atoms with Crippen LogP contribution in [0, 0.1) is 0 Å². The Labute approximate surface area is 180 Å². The minimum Gasteiger partial charge on any atom is -0.326 e. The molecule has 156 valence electrons. The topological polar surface area (TPSA) is 29.1 Å². The zero-order chi connectivity index (χ0) is 20.8. The normalized spacial score (nSPS) is 11.6. The van der Waals surface area contributed by atoms with Crippen molar-refractivity contribution in [1.29, 1.82) is 0 Å². The lowest BCUT2D eigenvalue weighted by Gasteiger charge is -2.14. The Morgan fingerprint density at radius 3 is 1.93 bits per heavy atom. The van der Waals surface area contributed by atoms with E-state index in [1.54, 1.807) is 0 Å². The standard InChI is InChI=1S/C28H33NO/c1-2-3-4-5-6-7-8-9-10-14-26(30)29-25-20-18-23-16-15-21-12-11-13-22-17-19-24(25)28(23)27(21)22/h11-13,15-20H,2-10,14H2,1H3,(H,29,30). The molecule has 0 aliphatic heterocycles. The van der Waals surface area contributed by atoms with Gasteiger partial charge in [0.05, 0.1) is 0 Å². The van der Waals surface area contributed by atoms with E-state index in [2.05, 4.69) is 66.8 Å². The molecule has 0 aromatic heterocycles. The summed E-state index contributed by atoms with van der Waals surface area (Å²) in [7, 11) is 0. The molecule has 4 aromatic rings. The summed E-state index contributed by atoms with van der Waals surface area (Å²) in [4.78, 5) is 12.6. The quantitative estimate of drug-likeness (QED) is 0.199. The number of anilines is 1. The molecule has 2 heteroatoms. The van der Waals surface area contributed by atoms with E-state index in [0.29, 0.717) is 6.42 Å². The monoisotopic (exact) mass is 399 g/mol. The Kier molecular flexibility index (Phi) is 6.84. The van der Waals surface area contributed by atoms with E-state index >= 15 is 0 Å². The maximum Gasteiger partial charge on any atom is 0.224 e. The van der Waals surface area contributed by atoms with Crippen LogP contribution in [0.4, 0.5) is 5.69 Å². The molecule has 0 atom stereocenters. The van der Waals surface area contributed by atoms with Crippen LogP contribution in [-0.2, 0) is 4.79 Å². The van der Waals surface area contributed by atoms with Gasteiger partial charge in [-0.15, -0.1) is 0 Å². The largest absolute Gasteiger partial charge is 0.326 e. The third-order valence-corrected chi connectivity index (χ3v) is 6.31. The summed E-state index contributed by atoms with van der Waals surface area (Å²) in [6.45, 7) is 2.26. The molecule has 0 spiro atoms. The summed E-state index contributed by atoms with van der Waals surface area (Å²) >= 11 is 0. The van der Waals surface area contributed by atoms with Crippen molar-refractivity contribution in [3.8, 4) is 0 Å². The molecule has 0 fully saturated rings. The number of hydrogen-bond donors (Lipinski definition) is 1. The van der Waals surface area contributed by atoms with E-state index < -0.39 is 0 Å². The van der Waals surface area contributed by atoms with Gasteiger partial charge < -0.3 is 5.32 Å². The van der Waals surface area contributed by atoms with Gasteiger partial charge in [0.15, 0.2) is 0 Å². The number of amides is 1. The molecular weight excluding hydrogens is 366 g/mol. The molecule has 1 amide bonds. The fourth-order valence-electron chi connectivity index (χ4n) is 4.65. The minimum atomic E-state index is 0.132. The molecule has 0 unspecified atom stereocenters. The second-order valence-corrected chi connectivity index (χ2v) is 8.60. The molecule has 0 aliphatic rings. The average molecular weight is 400 g/mol. The third-order valence-electron chi connectivity index (χ3n) is 6.31. The first-order valence-electron chi connectivity index (χ1n) is 11.7. The van der Waals surface area contributed by atoms with Gasteiger partial charge in [-0.1, -0.05) is 107 Å². The molecule has 0 bridgehead atoms. The van der Waals surface area contributed by atoms with Crippen LogP contribution in [0.15, 0.2) is 54.6 Å². The van der Waals surface area contributed by atoms with Crippen molar-refractivity contribution in [2.24, 2.45) is 0 Å². The molecule has 1 N–H and O–H groups in total. The SMILES string of the molecule is CCCCCCCCCCCC(=O)Nc1ccc2ccc3cccc4ccc1c2c34. The van der Waals surface area contributed by atoms with Crippen molar-refractivity contribution < 1.29 is 4.79 Å². The van der Waals surface area contributed by atoms with Gasteiger partial charge in [-0.05, 0) is 39.4 Å². The third kappa shape index (κ3) is 4.59. The van der Waals surface area contributed by atoms with Crippen molar-refractivity contribution in [1.82, 2.24) is 0 Å². The van der Waals surface area contributed by atoms with Crippen LogP contribution in [0.2, 0.25) is 0 Å². The number of hydrogen-bond acceptors (Lipinski definition) is 1. The van der Waals surface area contributed by atoms with Gasteiger partial charge in [0.25, 0.3) is 0 Å². The summed E-state index contributed by atoms with van der Waals surface area (Å²) in [6.07, 6.45) is 12.0. The van der Waals surface area contributed by atoms with Crippen LogP contribution in [0.1, 0.15) is 71.1 Å². The molecule has 4 aromatic carbocycles. The van der Waals surface area contributed by atoms with E-state index in [1.165, 1.54) is 71.9 Å². The number of rotatable bonds is 11.